The van der Waals surface area contributed by atoms with E-state index in [0.717, 1.165) is 6.61 Å². The van der Waals surface area contributed by atoms with Gasteiger partial charge in [-0.2, -0.15) is 0 Å². The first-order chi connectivity index (χ1) is 6.83. The van der Waals surface area contributed by atoms with Crippen LogP contribution in [0.5, 0.6) is 0 Å². The second kappa shape index (κ2) is 7.23. The van der Waals surface area contributed by atoms with Crippen LogP contribution in [0.2, 0.25) is 0 Å². The molecule has 1 nitrogen and oxygen atoms in total. The highest BCUT2D eigenvalue weighted by Crippen LogP contribution is 2.11. The summed E-state index contributed by atoms with van der Waals surface area (Å²) in [6.45, 7) is 0.895. The van der Waals surface area contributed by atoms with E-state index >= 15 is 0 Å². The Balaban J connectivity index is 2.18. The van der Waals surface area contributed by atoms with Crippen molar-refractivity contribution >= 4 is 22.6 Å². The molecular weight excluding hydrogens is 287 g/mol. The monoisotopic (exact) mass is 304 g/mol. The van der Waals surface area contributed by atoms with Crippen LogP contribution in [-0.2, 0) is 11.2 Å². The highest BCUT2D eigenvalue weighted by molar-refractivity contribution is 14.1. The van der Waals surface area contributed by atoms with Gasteiger partial charge in [-0.25, -0.2) is 0 Å². The first kappa shape index (κ1) is 12.0. The number of unbranched alkanes of at least 4 members (excludes halogenated alkanes) is 2. The molecule has 1 rings (SSSR count). The van der Waals surface area contributed by atoms with Crippen molar-refractivity contribution in [2.75, 3.05) is 13.7 Å². The van der Waals surface area contributed by atoms with Crippen molar-refractivity contribution in [1.82, 2.24) is 0 Å². The summed E-state index contributed by atoms with van der Waals surface area (Å²) in [6.07, 6.45) is 4.91. The molecule has 1 aromatic rings. The van der Waals surface area contributed by atoms with Gasteiger partial charge in [-0.15, -0.1) is 0 Å². The zero-order valence-corrected chi connectivity index (χ0v) is 10.8. The van der Waals surface area contributed by atoms with Crippen LogP contribution < -0.4 is 0 Å². The fourth-order valence-electron chi connectivity index (χ4n) is 1.44. The lowest BCUT2D eigenvalue weighted by Crippen LogP contribution is -1.90. The molecule has 0 aliphatic carbocycles. The third-order valence-electron chi connectivity index (χ3n) is 2.20. The van der Waals surface area contributed by atoms with Gasteiger partial charge in [-0.1, -0.05) is 18.6 Å². The molecule has 0 fully saturated rings. The Hall–Kier alpha value is -0.0900. The molecule has 0 saturated carbocycles. The highest BCUT2D eigenvalue weighted by atomic mass is 127. The molecule has 0 aliphatic heterocycles. The van der Waals surface area contributed by atoms with Gasteiger partial charge >= 0.3 is 0 Å². The van der Waals surface area contributed by atoms with Gasteiger partial charge in [0.15, 0.2) is 0 Å². The predicted octanol–water partition coefficient (Wildman–Crippen LogP) is 3.65. The first-order valence-electron chi connectivity index (χ1n) is 5.06. The largest absolute Gasteiger partial charge is 0.385 e. The van der Waals surface area contributed by atoms with E-state index in [1.165, 1.54) is 34.8 Å². The summed E-state index contributed by atoms with van der Waals surface area (Å²) in [5.74, 6) is 0. The normalized spacial score (nSPS) is 10.4. The van der Waals surface area contributed by atoms with Crippen molar-refractivity contribution in [1.29, 1.82) is 0 Å². The second-order valence-corrected chi connectivity index (χ2v) is 4.68. The summed E-state index contributed by atoms with van der Waals surface area (Å²) >= 11 is 2.36. The van der Waals surface area contributed by atoms with E-state index in [9.17, 15) is 0 Å². The molecule has 0 unspecified atom stereocenters. The van der Waals surface area contributed by atoms with Crippen LogP contribution in [0.25, 0.3) is 0 Å². The smallest absolute Gasteiger partial charge is 0.0462 e. The SMILES string of the molecule is COCCCCCc1cccc(I)c1. The average molecular weight is 304 g/mol. The number of ether oxygens (including phenoxy) is 1. The molecule has 0 spiro atoms. The fraction of sp³-hybridized carbons (Fsp3) is 0.500. The van der Waals surface area contributed by atoms with Crippen molar-refractivity contribution < 1.29 is 4.74 Å². The van der Waals surface area contributed by atoms with Crippen molar-refractivity contribution in [3.63, 3.8) is 0 Å². The standard InChI is InChI=1S/C12H17IO/c1-14-9-4-2-3-6-11-7-5-8-12(13)10-11/h5,7-8,10H,2-4,6,9H2,1H3. The zero-order valence-electron chi connectivity index (χ0n) is 8.63. The zero-order chi connectivity index (χ0) is 10.2. The lowest BCUT2D eigenvalue weighted by atomic mass is 10.1. The molecule has 0 atom stereocenters. The van der Waals surface area contributed by atoms with Gasteiger partial charge in [0.2, 0.25) is 0 Å². The summed E-state index contributed by atoms with van der Waals surface area (Å²) in [5, 5.41) is 0. The summed E-state index contributed by atoms with van der Waals surface area (Å²) in [5.41, 5.74) is 1.45. The molecule has 78 valence electrons. The molecule has 0 heterocycles. The molecule has 0 radical (unpaired) electrons. The molecule has 0 N–H and O–H groups in total. The van der Waals surface area contributed by atoms with Crippen LogP contribution in [-0.4, -0.2) is 13.7 Å². The molecule has 1 aromatic carbocycles. The number of aryl methyl sites for hydroxylation is 1. The van der Waals surface area contributed by atoms with Crippen molar-refractivity contribution in [2.24, 2.45) is 0 Å². The van der Waals surface area contributed by atoms with E-state index in [2.05, 4.69) is 46.9 Å². The Labute approximate surface area is 100.0 Å². The molecular formula is C12H17IO. The predicted molar refractivity (Wildman–Crippen MR) is 68.6 cm³/mol. The van der Waals surface area contributed by atoms with Gasteiger partial charge in [0.25, 0.3) is 0 Å². The Morgan fingerprint density at radius 2 is 2.07 bits per heavy atom. The number of rotatable bonds is 6. The maximum atomic E-state index is 5.01. The minimum absolute atomic E-state index is 0.895. The van der Waals surface area contributed by atoms with Crippen molar-refractivity contribution in [3.8, 4) is 0 Å². The molecule has 0 amide bonds. The third kappa shape index (κ3) is 4.96. The van der Waals surface area contributed by atoms with Crippen molar-refractivity contribution in [2.45, 2.75) is 25.7 Å². The summed E-state index contributed by atoms with van der Waals surface area (Å²) in [6, 6.07) is 8.73. The summed E-state index contributed by atoms with van der Waals surface area (Å²) in [7, 11) is 1.76. The Bertz CT molecular complexity index is 260. The Morgan fingerprint density at radius 3 is 2.79 bits per heavy atom. The van der Waals surface area contributed by atoms with Crippen LogP contribution in [0, 0.1) is 3.57 Å². The van der Waals surface area contributed by atoms with Gasteiger partial charge in [-0.05, 0) is 59.5 Å². The van der Waals surface area contributed by atoms with E-state index in [-0.39, 0.29) is 0 Å². The topological polar surface area (TPSA) is 9.23 Å². The second-order valence-electron chi connectivity index (χ2n) is 3.43. The fourth-order valence-corrected chi connectivity index (χ4v) is 2.05. The van der Waals surface area contributed by atoms with Gasteiger partial charge in [0, 0.05) is 17.3 Å². The number of benzene rings is 1. The highest BCUT2D eigenvalue weighted by Gasteiger charge is 1.94. The quantitative estimate of drug-likeness (QED) is 0.576. The average Bonchev–Trinajstić information content (AvgIpc) is 2.18. The maximum absolute atomic E-state index is 5.01. The third-order valence-corrected chi connectivity index (χ3v) is 2.87. The van der Waals surface area contributed by atoms with Crippen LogP contribution in [0.3, 0.4) is 0 Å². The molecule has 0 saturated heterocycles. The molecule has 2 heteroatoms. The van der Waals surface area contributed by atoms with E-state index in [0.29, 0.717) is 0 Å². The molecule has 0 aromatic heterocycles. The number of hydrogen-bond acceptors (Lipinski definition) is 1. The maximum Gasteiger partial charge on any atom is 0.0462 e. The van der Waals surface area contributed by atoms with Gasteiger partial charge in [-0.3, -0.25) is 0 Å². The minimum atomic E-state index is 0.895. The van der Waals surface area contributed by atoms with Crippen LogP contribution in [0.1, 0.15) is 24.8 Å². The summed E-state index contributed by atoms with van der Waals surface area (Å²) < 4.78 is 6.34. The lowest BCUT2D eigenvalue weighted by Gasteiger charge is -2.02. The number of methoxy groups -OCH3 is 1. The minimum Gasteiger partial charge on any atom is -0.385 e. The van der Waals surface area contributed by atoms with Gasteiger partial charge < -0.3 is 4.74 Å². The van der Waals surface area contributed by atoms with Crippen molar-refractivity contribution in [3.05, 3.63) is 33.4 Å². The number of hydrogen-bond donors (Lipinski definition) is 0. The van der Waals surface area contributed by atoms with Crippen LogP contribution in [0.4, 0.5) is 0 Å². The Kier molecular flexibility index (Phi) is 6.19. The van der Waals surface area contributed by atoms with Crippen LogP contribution in [0.15, 0.2) is 24.3 Å². The van der Waals surface area contributed by atoms with Crippen LogP contribution >= 0.6 is 22.6 Å². The molecule has 14 heavy (non-hydrogen) atoms. The molecule has 0 aliphatic rings. The molecule has 0 bridgehead atoms. The number of halogens is 1. The van der Waals surface area contributed by atoms with E-state index in [4.69, 9.17) is 4.74 Å². The first-order valence-corrected chi connectivity index (χ1v) is 6.14. The Morgan fingerprint density at radius 1 is 1.21 bits per heavy atom. The lowest BCUT2D eigenvalue weighted by molar-refractivity contribution is 0.192. The van der Waals surface area contributed by atoms with E-state index in [1.807, 2.05) is 0 Å². The van der Waals surface area contributed by atoms with Gasteiger partial charge in [0.1, 0.15) is 0 Å². The van der Waals surface area contributed by atoms with E-state index < -0.39 is 0 Å². The van der Waals surface area contributed by atoms with E-state index in [1.54, 1.807) is 7.11 Å². The van der Waals surface area contributed by atoms with Gasteiger partial charge in [0.05, 0.1) is 0 Å². The summed E-state index contributed by atoms with van der Waals surface area (Å²) in [4.78, 5) is 0.